The third-order valence-corrected chi connectivity index (χ3v) is 5.70. The number of fused-ring (bicyclic) bond motifs is 3. The van der Waals surface area contributed by atoms with Gasteiger partial charge in [0.2, 0.25) is 5.91 Å². The van der Waals surface area contributed by atoms with E-state index < -0.39 is 0 Å². The summed E-state index contributed by atoms with van der Waals surface area (Å²) in [5.41, 5.74) is 8.22. The molecule has 0 atom stereocenters. The van der Waals surface area contributed by atoms with Crippen LogP contribution in [0.3, 0.4) is 0 Å². The zero-order valence-corrected chi connectivity index (χ0v) is 15.2. The normalized spacial score (nSPS) is 12.8. The van der Waals surface area contributed by atoms with Crippen LogP contribution in [-0.4, -0.2) is 17.9 Å². The lowest BCUT2D eigenvalue weighted by Crippen LogP contribution is -2.20. The van der Waals surface area contributed by atoms with E-state index in [0.29, 0.717) is 5.75 Å². The molecule has 0 saturated carbocycles. The Hall–Kier alpha value is -2.92. The molecule has 0 bridgehead atoms. The van der Waals surface area contributed by atoms with Crippen molar-refractivity contribution in [2.24, 2.45) is 5.10 Å². The van der Waals surface area contributed by atoms with Gasteiger partial charge in [0.05, 0.1) is 17.2 Å². The van der Waals surface area contributed by atoms with Crippen molar-refractivity contribution in [3.8, 4) is 11.1 Å². The van der Waals surface area contributed by atoms with Crippen LogP contribution < -0.4 is 5.43 Å². The van der Waals surface area contributed by atoms with Crippen LogP contribution in [0, 0.1) is 5.82 Å². The standard InChI is InChI=1S/C22H17FN2OS/c23-16-11-9-15(10-12-16)13-24-25-21(26)14-27-22-19-7-3-1-5-17(19)18-6-2-4-8-20(18)22/h1-13,22H,14H2,(H,25,26)/b24-13-. The second-order valence-electron chi connectivity index (χ2n) is 6.21. The van der Waals surface area contributed by atoms with Crippen molar-refractivity contribution in [1.29, 1.82) is 0 Å². The molecular formula is C22H17FN2OS. The lowest BCUT2D eigenvalue weighted by Gasteiger charge is -2.12. The predicted molar refractivity (Wildman–Crippen MR) is 108 cm³/mol. The van der Waals surface area contributed by atoms with E-state index in [2.05, 4.69) is 34.8 Å². The van der Waals surface area contributed by atoms with E-state index in [4.69, 9.17) is 0 Å². The molecule has 27 heavy (non-hydrogen) atoms. The van der Waals surface area contributed by atoms with E-state index in [1.807, 2.05) is 24.3 Å². The molecule has 3 nitrogen and oxygen atoms in total. The lowest BCUT2D eigenvalue weighted by molar-refractivity contribution is -0.118. The van der Waals surface area contributed by atoms with E-state index in [1.165, 1.54) is 40.6 Å². The number of carbonyl (C=O) groups excluding carboxylic acids is 1. The molecular weight excluding hydrogens is 359 g/mol. The first-order chi connectivity index (χ1) is 13.2. The van der Waals surface area contributed by atoms with Gasteiger partial charge in [-0.2, -0.15) is 5.10 Å². The Morgan fingerprint density at radius 1 is 0.963 bits per heavy atom. The molecule has 0 fully saturated rings. The summed E-state index contributed by atoms with van der Waals surface area (Å²) in [5.74, 6) is -0.168. The number of rotatable bonds is 5. The molecule has 1 N–H and O–H groups in total. The molecule has 1 aliphatic rings. The summed E-state index contributed by atoms with van der Waals surface area (Å²) in [6.45, 7) is 0. The SMILES string of the molecule is O=C(CSC1c2ccccc2-c2ccccc21)N/N=C\c1ccc(F)cc1. The second kappa shape index (κ2) is 7.76. The average molecular weight is 376 g/mol. The molecule has 0 radical (unpaired) electrons. The number of hydrogen-bond acceptors (Lipinski definition) is 3. The van der Waals surface area contributed by atoms with Crippen molar-refractivity contribution < 1.29 is 9.18 Å². The molecule has 0 unspecified atom stereocenters. The number of halogens is 1. The van der Waals surface area contributed by atoms with Gasteiger partial charge in [-0.05, 0) is 39.9 Å². The average Bonchev–Trinajstić information content (AvgIpc) is 3.02. The van der Waals surface area contributed by atoms with E-state index >= 15 is 0 Å². The number of hydrazone groups is 1. The molecule has 0 heterocycles. The van der Waals surface area contributed by atoms with Crippen molar-refractivity contribution in [2.75, 3.05) is 5.75 Å². The summed E-state index contributed by atoms with van der Waals surface area (Å²) >= 11 is 1.59. The number of amides is 1. The largest absolute Gasteiger partial charge is 0.272 e. The molecule has 1 amide bonds. The van der Waals surface area contributed by atoms with Gasteiger partial charge in [-0.25, -0.2) is 9.82 Å². The van der Waals surface area contributed by atoms with Gasteiger partial charge in [0.15, 0.2) is 0 Å². The van der Waals surface area contributed by atoms with E-state index in [-0.39, 0.29) is 17.0 Å². The summed E-state index contributed by atoms with van der Waals surface area (Å²) in [6.07, 6.45) is 1.50. The Morgan fingerprint density at radius 3 is 2.19 bits per heavy atom. The number of carbonyl (C=O) groups is 1. The lowest BCUT2D eigenvalue weighted by atomic mass is 10.1. The number of nitrogens with one attached hydrogen (secondary N) is 1. The molecule has 1 aliphatic carbocycles. The molecule has 5 heteroatoms. The highest BCUT2D eigenvalue weighted by molar-refractivity contribution is 8.00. The van der Waals surface area contributed by atoms with Gasteiger partial charge in [-0.15, -0.1) is 11.8 Å². The highest BCUT2D eigenvalue weighted by Crippen LogP contribution is 2.49. The summed E-state index contributed by atoms with van der Waals surface area (Å²) in [7, 11) is 0. The fourth-order valence-corrected chi connectivity index (χ4v) is 4.36. The number of thioether (sulfide) groups is 1. The number of hydrogen-bond donors (Lipinski definition) is 1. The minimum Gasteiger partial charge on any atom is -0.272 e. The van der Waals surface area contributed by atoms with E-state index in [9.17, 15) is 9.18 Å². The van der Waals surface area contributed by atoms with Crippen molar-refractivity contribution in [1.82, 2.24) is 5.43 Å². The molecule has 134 valence electrons. The Morgan fingerprint density at radius 2 is 1.56 bits per heavy atom. The molecule has 4 rings (SSSR count). The van der Waals surface area contributed by atoms with Gasteiger partial charge in [0, 0.05) is 0 Å². The van der Waals surface area contributed by atoms with Crippen LogP contribution >= 0.6 is 11.8 Å². The Kier molecular flexibility index (Phi) is 5.03. The Balaban J connectivity index is 1.40. The Labute approximate surface area is 161 Å². The maximum Gasteiger partial charge on any atom is 0.250 e. The van der Waals surface area contributed by atoms with Crippen LogP contribution in [0.4, 0.5) is 4.39 Å². The maximum atomic E-state index is 12.9. The van der Waals surface area contributed by atoms with Crippen LogP contribution in [0.2, 0.25) is 0 Å². The molecule has 3 aromatic carbocycles. The van der Waals surface area contributed by atoms with E-state index in [1.54, 1.807) is 23.9 Å². The maximum absolute atomic E-state index is 12.9. The highest BCUT2D eigenvalue weighted by atomic mass is 32.2. The van der Waals surface area contributed by atoms with Crippen LogP contribution in [0.5, 0.6) is 0 Å². The third-order valence-electron chi connectivity index (χ3n) is 4.43. The summed E-state index contributed by atoms with van der Waals surface area (Å²) in [6, 6.07) is 22.6. The molecule has 0 spiro atoms. The Bertz CT molecular complexity index is 956. The number of benzene rings is 3. The van der Waals surface area contributed by atoms with Crippen molar-refractivity contribution in [3.63, 3.8) is 0 Å². The monoisotopic (exact) mass is 376 g/mol. The smallest absolute Gasteiger partial charge is 0.250 e. The van der Waals surface area contributed by atoms with Crippen molar-refractivity contribution in [2.45, 2.75) is 5.25 Å². The molecule has 3 aromatic rings. The first kappa shape index (κ1) is 17.5. The zero-order valence-electron chi connectivity index (χ0n) is 14.4. The van der Waals surface area contributed by atoms with Crippen molar-refractivity contribution >= 4 is 23.9 Å². The topological polar surface area (TPSA) is 41.5 Å². The van der Waals surface area contributed by atoms with Gasteiger partial charge >= 0.3 is 0 Å². The van der Waals surface area contributed by atoms with Crippen LogP contribution in [0.25, 0.3) is 11.1 Å². The minimum absolute atomic E-state index is 0.143. The number of nitrogens with zero attached hydrogens (tertiary/aromatic N) is 1. The third kappa shape index (κ3) is 3.78. The minimum atomic E-state index is -0.301. The molecule has 0 saturated heterocycles. The first-order valence-corrected chi connectivity index (χ1v) is 9.64. The van der Waals surface area contributed by atoms with Gasteiger partial charge in [0.1, 0.15) is 5.82 Å². The van der Waals surface area contributed by atoms with Crippen LogP contribution in [0.1, 0.15) is 21.9 Å². The van der Waals surface area contributed by atoms with Gasteiger partial charge in [-0.3, -0.25) is 4.79 Å². The van der Waals surface area contributed by atoms with Crippen molar-refractivity contribution in [3.05, 3.63) is 95.3 Å². The van der Waals surface area contributed by atoms with Gasteiger partial charge in [-0.1, -0.05) is 60.7 Å². The van der Waals surface area contributed by atoms with E-state index in [0.717, 1.165) is 5.56 Å². The summed E-state index contributed by atoms with van der Waals surface area (Å²) in [4.78, 5) is 12.2. The summed E-state index contributed by atoms with van der Waals surface area (Å²) < 4.78 is 12.9. The fourth-order valence-electron chi connectivity index (χ4n) is 3.21. The molecule has 0 aromatic heterocycles. The zero-order chi connectivity index (χ0) is 18.6. The van der Waals surface area contributed by atoms with Crippen LogP contribution in [-0.2, 0) is 4.79 Å². The second-order valence-corrected chi connectivity index (χ2v) is 7.30. The fraction of sp³-hybridized carbons (Fsp3) is 0.0909. The van der Waals surface area contributed by atoms with Gasteiger partial charge < -0.3 is 0 Å². The predicted octanol–water partition coefficient (Wildman–Crippen LogP) is 4.78. The van der Waals surface area contributed by atoms with Gasteiger partial charge in [0.25, 0.3) is 0 Å². The highest BCUT2D eigenvalue weighted by Gasteiger charge is 2.28. The first-order valence-electron chi connectivity index (χ1n) is 8.59. The summed E-state index contributed by atoms with van der Waals surface area (Å²) in [5, 5.41) is 4.09. The quantitative estimate of drug-likeness (QED) is 0.514. The van der Waals surface area contributed by atoms with Crippen LogP contribution in [0.15, 0.2) is 77.9 Å². The molecule has 0 aliphatic heterocycles.